The van der Waals surface area contributed by atoms with Gasteiger partial charge in [-0.15, -0.1) is 0 Å². The van der Waals surface area contributed by atoms with Crippen LogP contribution in [0.15, 0.2) is 0 Å². The van der Waals surface area contributed by atoms with Crippen molar-refractivity contribution >= 4 is 0 Å². The Morgan fingerprint density at radius 1 is 1.04 bits per heavy atom. The summed E-state index contributed by atoms with van der Waals surface area (Å²) in [5, 5.41) is 0. The van der Waals surface area contributed by atoms with Gasteiger partial charge in [-0.2, -0.15) is 0 Å². The highest BCUT2D eigenvalue weighted by Crippen LogP contribution is 2.42. The Balaban J connectivity index is 1.48. The average Bonchev–Trinajstić information content (AvgIpc) is 2.89. The van der Waals surface area contributed by atoms with E-state index in [2.05, 4.69) is 23.6 Å². The van der Waals surface area contributed by atoms with E-state index in [-0.39, 0.29) is 5.60 Å². The number of nitrogens with zero attached hydrogens (tertiary/aromatic N) is 2. The van der Waals surface area contributed by atoms with Crippen molar-refractivity contribution in [2.24, 2.45) is 0 Å². The maximum Gasteiger partial charge on any atom is 0.0710 e. The molecule has 3 rings (SSSR count). The van der Waals surface area contributed by atoms with Crippen LogP contribution < -0.4 is 0 Å². The minimum atomic E-state index is 0.264. The molecule has 1 aliphatic carbocycles. The van der Waals surface area contributed by atoms with Gasteiger partial charge < -0.3 is 9.47 Å². The predicted octanol–water partition coefficient (Wildman–Crippen LogP) is 2.91. The van der Waals surface area contributed by atoms with Crippen molar-refractivity contribution in [3.8, 4) is 0 Å². The van der Waals surface area contributed by atoms with Gasteiger partial charge in [-0.1, -0.05) is 19.3 Å². The molecule has 134 valence electrons. The number of methoxy groups -OCH3 is 1. The van der Waals surface area contributed by atoms with Crippen LogP contribution in [0.3, 0.4) is 0 Å². The second-order valence-corrected chi connectivity index (χ2v) is 8.17. The van der Waals surface area contributed by atoms with Gasteiger partial charge in [-0.25, -0.2) is 0 Å². The highest BCUT2D eigenvalue weighted by molar-refractivity contribution is 4.93. The first-order chi connectivity index (χ1) is 11.1. The molecule has 2 heterocycles. The third-order valence-corrected chi connectivity index (χ3v) is 6.30. The molecule has 0 aromatic heterocycles. The Hall–Kier alpha value is -0.160. The van der Waals surface area contributed by atoms with Crippen LogP contribution in [-0.4, -0.2) is 73.5 Å². The molecule has 3 unspecified atom stereocenters. The molecule has 0 aromatic rings. The van der Waals surface area contributed by atoms with Crippen LogP contribution in [0.1, 0.15) is 58.8 Å². The van der Waals surface area contributed by atoms with Crippen molar-refractivity contribution < 1.29 is 9.47 Å². The third kappa shape index (κ3) is 4.28. The largest absolute Gasteiger partial charge is 0.383 e. The maximum absolute atomic E-state index is 6.58. The zero-order valence-electron chi connectivity index (χ0n) is 15.4. The molecule has 23 heavy (non-hydrogen) atoms. The summed E-state index contributed by atoms with van der Waals surface area (Å²) < 4.78 is 11.8. The minimum Gasteiger partial charge on any atom is -0.383 e. The van der Waals surface area contributed by atoms with Crippen LogP contribution in [0.2, 0.25) is 0 Å². The fourth-order valence-electron chi connectivity index (χ4n) is 5.13. The monoisotopic (exact) mass is 324 g/mol. The van der Waals surface area contributed by atoms with Gasteiger partial charge >= 0.3 is 0 Å². The molecule has 0 bridgehead atoms. The zero-order chi connectivity index (χ0) is 16.3. The second kappa shape index (κ2) is 7.81. The van der Waals surface area contributed by atoms with Crippen molar-refractivity contribution in [2.45, 2.75) is 82.6 Å². The van der Waals surface area contributed by atoms with E-state index in [1.165, 1.54) is 58.0 Å². The quantitative estimate of drug-likeness (QED) is 0.776. The molecule has 0 radical (unpaired) electrons. The lowest BCUT2D eigenvalue weighted by Crippen LogP contribution is -2.58. The lowest BCUT2D eigenvalue weighted by atomic mass is 9.83. The third-order valence-electron chi connectivity index (χ3n) is 6.30. The summed E-state index contributed by atoms with van der Waals surface area (Å²) in [5.74, 6) is 0. The van der Waals surface area contributed by atoms with E-state index in [9.17, 15) is 0 Å². The highest BCUT2D eigenvalue weighted by atomic mass is 16.5. The van der Waals surface area contributed by atoms with Crippen molar-refractivity contribution in [1.82, 2.24) is 9.80 Å². The molecule has 3 aliphatic rings. The van der Waals surface area contributed by atoms with Crippen LogP contribution in [0, 0.1) is 0 Å². The fraction of sp³-hybridized carbons (Fsp3) is 1.00. The van der Waals surface area contributed by atoms with Gasteiger partial charge in [-0.3, -0.25) is 9.80 Å². The lowest BCUT2D eigenvalue weighted by Gasteiger charge is -2.45. The SMILES string of the molecule is COCCN1C(C)CN(CC2CCC3(CCCCC3)O2)CC1C. The van der Waals surface area contributed by atoms with Gasteiger partial charge in [0.05, 0.1) is 18.3 Å². The molecule has 4 heteroatoms. The number of ether oxygens (including phenoxy) is 2. The molecule has 2 saturated heterocycles. The normalized spacial score (nSPS) is 35.9. The van der Waals surface area contributed by atoms with Gasteiger partial charge in [0.15, 0.2) is 0 Å². The van der Waals surface area contributed by atoms with Gasteiger partial charge in [0.2, 0.25) is 0 Å². The first kappa shape index (κ1) is 17.7. The first-order valence-corrected chi connectivity index (χ1v) is 9.77. The Labute approximate surface area is 142 Å². The summed E-state index contributed by atoms with van der Waals surface area (Å²) in [6.07, 6.45) is 9.82. The zero-order valence-corrected chi connectivity index (χ0v) is 15.4. The van der Waals surface area contributed by atoms with Gasteiger partial charge in [0, 0.05) is 45.4 Å². The Bertz CT molecular complexity index is 358. The minimum absolute atomic E-state index is 0.264. The van der Waals surface area contributed by atoms with E-state index in [1.54, 1.807) is 7.11 Å². The predicted molar refractivity (Wildman–Crippen MR) is 93.9 cm³/mol. The van der Waals surface area contributed by atoms with Crippen molar-refractivity contribution in [3.05, 3.63) is 0 Å². The highest BCUT2D eigenvalue weighted by Gasteiger charge is 2.41. The van der Waals surface area contributed by atoms with E-state index in [1.807, 2.05) is 0 Å². The molecular formula is C19H36N2O2. The molecule has 0 amide bonds. The number of hydrogen-bond acceptors (Lipinski definition) is 4. The van der Waals surface area contributed by atoms with Crippen LogP contribution >= 0.6 is 0 Å². The molecule has 4 nitrogen and oxygen atoms in total. The first-order valence-electron chi connectivity index (χ1n) is 9.77. The molecule has 3 fully saturated rings. The van der Waals surface area contributed by atoms with Crippen LogP contribution in [0.4, 0.5) is 0 Å². The summed E-state index contributed by atoms with van der Waals surface area (Å²) in [7, 11) is 1.80. The molecule has 1 saturated carbocycles. The molecule has 1 spiro atoms. The molecule has 0 N–H and O–H groups in total. The van der Waals surface area contributed by atoms with E-state index in [0.717, 1.165) is 19.7 Å². The topological polar surface area (TPSA) is 24.9 Å². The van der Waals surface area contributed by atoms with E-state index in [4.69, 9.17) is 9.47 Å². The maximum atomic E-state index is 6.58. The smallest absolute Gasteiger partial charge is 0.0710 e. The van der Waals surface area contributed by atoms with E-state index >= 15 is 0 Å². The summed E-state index contributed by atoms with van der Waals surface area (Å²) in [6, 6.07) is 1.22. The molecule has 3 atom stereocenters. The molecule has 0 aromatic carbocycles. The molecular weight excluding hydrogens is 288 g/mol. The van der Waals surface area contributed by atoms with E-state index < -0.39 is 0 Å². The second-order valence-electron chi connectivity index (χ2n) is 8.17. The summed E-state index contributed by atoms with van der Waals surface area (Å²) in [6.45, 7) is 10.1. The fourth-order valence-corrected chi connectivity index (χ4v) is 5.13. The van der Waals surface area contributed by atoms with Gasteiger partial charge in [-0.05, 0) is 39.5 Å². The number of rotatable bonds is 5. The summed E-state index contributed by atoms with van der Waals surface area (Å²) in [5.41, 5.74) is 0.264. The van der Waals surface area contributed by atoms with Gasteiger partial charge in [0.25, 0.3) is 0 Å². The Morgan fingerprint density at radius 3 is 2.39 bits per heavy atom. The van der Waals surface area contributed by atoms with Crippen LogP contribution in [0.25, 0.3) is 0 Å². The number of piperazine rings is 1. The van der Waals surface area contributed by atoms with Crippen LogP contribution in [0.5, 0.6) is 0 Å². The molecule has 2 aliphatic heterocycles. The lowest BCUT2D eigenvalue weighted by molar-refractivity contribution is -0.0797. The Morgan fingerprint density at radius 2 is 1.74 bits per heavy atom. The average molecular weight is 325 g/mol. The van der Waals surface area contributed by atoms with Crippen molar-refractivity contribution in [3.63, 3.8) is 0 Å². The van der Waals surface area contributed by atoms with Crippen LogP contribution in [-0.2, 0) is 9.47 Å². The Kier molecular flexibility index (Phi) is 6.00. The van der Waals surface area contributed by atoms with Gasteiger partial charge in [0.1, 0.15) is 0 Å². The summed E-state index contributed by atoms with van der Waals surface area (Å²) in [4.78, 5) is 5.24. The van der Waals surface area contributed by atoms with E-state index in [0.29, 0.717) is 18.2 Å². The van der Waals surface area contributed by atoms with Crippen molar-refractivity contribution in [2.75, 3.05) is 39.9 Å². The standard InChI is InChI=1S/C19H36N2O2/c1-16-13-20(14-17(2)21(16)11-12-22-3)15-18-7-10-19(23-18)8-5-4-6-9-19/h16-18H,4-15H2,1-3H3. The summed E-state index contributed by atoms with van der Waals surface area (Å²) >= 11 is 0. The van der Waals surface area contributed by atoms with Crippen molar-refractivity contribution in [1.29, 1.82) is 0 Å². The number of hydrogen-bond donors (Lipinski definition) is 0.